The van der Waals surface area contributed by atoms with Crippen LogP contribution < -0.4 is 16.0 Å². The molecule has 1 unspecified atom stereocenters. The molecule has 2 aliphatic rings. The van der Waals surface area contributed by atoms with E-state index in [9.17, 15) is 9.81 Å². The zero-order valence-electron chi connectivity index (χ0n) is 17.2. The lowest BCUT2D eigenvalue weighted by Crippen LogP contribution is -2.10. The molecule has 0 radical (unpaired) electrons. The van der Waals surface area contributed by atoms with E-state index in [1.165, 1.54) is 11.8 Å². The van der Waals surface area contributed by atoms with Crippen LogP contribution in [0, 0.1) is 11.3 Å². The first-order valence-corrected chi connectivity index (χ1v) is 12.0. The first-order chi connectivity index (χ1) is 15.1. The van der Waals surface area contributed by atoms with Crippen LogP contribution in [0.5, 0.6) is 0 Å². The average molecular weight is 434 g/mol. The largest absolute Gasteiger partial charge is 0.616 e. The summed E-state index contributed by atoms with van der Waals surface area (Å²) in [6, 6.07) is 10.6. The second kappa shape index (κ2) is 8.23. The third kappa shape index (κ3) is 4.23. The van der Waals surface area contributed by atoms with E-state index in [1.54, 1.807) is 10.8 Å². The van der Waals surface area contributed by atoms with Crippen molar-refractivity contribution in [3.8, 4) is 6.07 Å². The van der Waals surface area contributed by atoms with Gasteiger partial charge in [-0.25, -0.2) is 4.98 Å². The highest BCUT2D eigenvalue weighted by molar-refractivity contribution is 7.89. The van der Waals surface area contributed by atoms with Crippen LogP contribution in [-0.4, -0.2) is 44.5 Å². The van der Waals surface area contributed by atoms with Crippen LogP contribution in [0.15, 0.2) is 36.5 Å². The van der Waals surface area contributed by atoms with Gasteiger partial charge in [0.2, 0.25) is 0 Å². The summed E-state index contributed by atoms with van der Waals surface area (Å²) in [6.07, 6.45) is 7.70. The van der Waals surface area contributed by atoms with Crippen molar-refractivity contribution in [2.24, 2.45) is 0 Å². The van der Waals surface area contributed by atoms with Crippen molar-refractivity contribution in [2.45, 2.75) is 24.6 Å². The van der Waals surface area contributed by atoms with Crippen molar-refractivity contribution in [1.29, 1.82) is 5.26 Å². The molecule has 1 aliphatic heterocycles. The van der Waals surface area contributed by atoms with Crippen molar-refractivity contribution in [3.05, 3.63) is 53.2 Å². The number of benzene rings is 1. The molecule has 2 aromatic heterocycles. The second-order valence-electron chi connectivity index (χ2n) is 7.93. The highest BCUT2D eigenvalue weighted by Crippen LogP contribution is 2.30. The Labute approximate surface area is 183 Å². The number of aromatic nitrogens is 3. The quantitative estimate of drug-likeness (QED) is 0.491. The van der Waals surface area contributed by atoms with Crippen LogP contribution in [0.3, 0.4) is 0 Å². The van der Waals surface area contributed by atoms with Crippen LogP contribution in [0.2, 0.25) is 0 Å². The third-order valence-corrected chi connectivity index (χ3v) is 6.13. The SMILES string of the molecule is C[S+]([O-])Cc1cc(Nc2cc(NC3CC3)n3ncc(C#N)c3n2)ccc1C1=CCNC1. The Morgan fingerprint density at radius 1 is 1.35 bits per heavy atom. The van der Waals surface area contributed by atoms with Crippen molar-refractivity contribution < 1.29 is 4.55 Å². The first-order valence-electron chi connectivity index (χ1n) is 10.3. The highest BCUT2D eigenvalue weighted by atomic mass is 32.2. The summed E-state index contributed by atoms with van der Waals surface area (Å²) >= 11 is -0.951. The van der Waals surface area contributed by atoms with E-state index in [1.807, 2.05) is 18.2 Å². The lowest BCUT2D eigenvalue weighted by atomic mass is 10.0. The predicted molar refractivity (Wildman–Crippen MR) is 123 cm³/mol. The van der Waals surface area contributed by atoms with Gasteiger partial charge in [-0.3, -0.25) is 0 Å². The molecule has 3 N–H and O–H groups in total. The summed E-state index contributed by atoms with van der Waals surface area (Å²) in [4.78, 5) is 4.63. The number of nitrogens with one attached hydrogen (secondary N) is 3. The molecule has 31 heavy (non-hydrogen) atoms. The Morgan fingerprint density at radius 3 is 2.94 bits per heavy atom. The fraction of sp³-hybridized carbons (Fsp3) is 0.318. The van der Waals surface area contributed by atoms with E-state index in [2.05, 4.69) is 44.2 Å². The molecule has 1 aliphatic carbocycles. The molecule has 0 amide bonds. The highest BCUT2D eigenvalue weighted by Gasteiger charge is 2.23. The van der Waals surface area contributed by atoms with Gasteiger partial charge in [-0.15, -0.1) is 0 Å². The van der Waals surface area contributed by atoms with Gasteiger partial charge in [0.05, 0.1) is 12.5 Å². The van der Waals surface area contributed by atoms with Gasteiger partial charge in [0.15, 0.2) is 5.65 Å². The number of anilines is 3. The van der Waals surface area contributed by atoms with Crippen LogP contribution in [0.4, 0.5) is 17.3 Å². The molecular formula is C22H23N7OS. The normalized spacial score (nSPS) is 16.7. The fourth-order valence-electron chi connectivity index (χ4n) is 3.80. The van der Waals surface area contributed by atoms with Gasteiger partial charge < -0.3 is 20.5 Å². The van der Waals surface area contributed by atoms with E-state index in [0.29, 0.717) is 28.8 Å². The van der Waals surface area contributed by atoms with E-state index >= 15 is 0 Å². The molecule has 158 valence electrons. The van der Waals surface area contributed by atoms with Gasteiger partial charge >= 0.3 is 0 Å². The van der Waals surface area contributed by atoms with E-state index in [4.69, 9.17) is 0 Å². The van der Waals surface area contributed by atoms with E-state index in [0.717, 1.165) is 48.6 Å². The zero-order chi connectivity index (χ0) is 21.4. The lowest BCUT2D eigenvalue weighted by Gasteiger charge is -2.15. The summed E-state index contributed by atoms with van der Waals surface area (Å²) in [5, 5.41) is 23.9. The standard InChI is InChI=1S/C22H23N7OS/c1-31(30)13-15-8-18(4-5-19(15)14-6-7-24-11-14)26-20-9-21(27-17-2-3-17)29-22(28-20)16(10-23)12-25-29/h4-6,8-9,12,17,24,27H,2-3,7,11,13H2,1H3,(H,26,28). The van der Waals surface area contributed by atoms with Gasteiger partial charge in [0.25, 0.3) is 0 Å². The van der Waals surface area contributed by atoms with E-state index in [-0.39, 0.29) is 0 Å². The Balaban J connectivity index is 1.50. The Morgan fingerprint density at radius 2 is 2.23 bits per heavy atom. The molecule has 3 aromatic rings. The monoisotopic (exact) mass is 433 g/mol. The molecule has 5 rings (SSSR count). The molecule has 0 bridgehead atoms. The van der Waals surface area contributed by atoms with Crippen molar-refractivity contribution >= 4 is 39.7 Å². The minimum Gasteiger partial charge on any atom is -0.616 e. The third-order valence-electron chi connectivity index (χ3n) is 5.41. The minimum absolute atomic E-state index is 0.431. The number of nitriles is 1. The van der Waals surface area contributed by atoms with Crippen LogP contribution in [0.25, 0.3) is 11.2 Å². The number of nitrogens with zero attached hydrogens (tertiary/aromatic N) is 4. The first kappa shape index (κ1) is 19.9. The fourth-order valence-corrected chi connectivity index (χ4v) is 4.47. The van der Waals surface area contributed by atoms with Gasteiger partial charge in [-0.05, 0) is 36.1 Å². The maximum Gasteiger partial charge on any atom is 0.177 e. The molecule has 1 fully saturated rings. The summed E-state index contributed by atoms with van der Waals surface area (Å²) in [5.41, 5.74) is 5.22. The minimum atomic E-state index is -0.951. The Bertz CT molecular complexity index is 1210. The van der Waals surface area contributed by atoms with Gasteiger partial charge in [-0.1, -0.05) is 23.3 Å². The second-order valence-corrected chi connectivity index (χ2v) is 9.36. The van der Waals surface area contributed by atoms with Crippen LogP contribution in [-0.2, 0) is 16.9 Å². The average Bonchev–Trinajstić information content (AvgIpc) is 3.23. The molecule has 1 atom stereocenters. The number of hydrogen-bond acceptors (Lipinski definition) is 7. The summed E-state index contributed by atoms with van der Waals surface area (Å²) < 4.78 is 13.7. The maximum absolute atomic E-state index is 12.0. The summed E-state index contributed by atoms with van der Waals surface area (Å²) in [5.74, 6) is 1.93. The van der Waals surface area contributed by atoms with Gasteiger partial charge in [-0.2, -0.15) is 14.9 Å². The summed E-state index contributed by atoms with van der Waals surface area (Å²) in [7, 11) is 0. The Hall–Kier alpha value is -3.06. The van der Waals surface area contributed by atoms with Gasteiger partial charge in [0.1, 0.15) is 29.0 Å². The predicted octanol–water partition coefficient (Wildman–Crippen LogP) is 2.78. The molecule has 9 heteroatoms. The molecule has 1 aromatic carbocycles. The zero-order valence-corrected chi connectivity index (χ0v) is 18.0. The maximum atomic E-state index is 12.0. The number of hydrogen-bond donors (Lipinski definition) is 3. The molecule has 3 heterocycles. The molecular weight excluding hydrogens is 410 g/mol. The van der Waals surface area contributed by atoms with Gasteiger partial charge in [0, 0.05) is 36.4 Å². The molecule has 8 nitrogen and oxygen atoms in total. The summed E-state index contributed by atoms with van der Waals surface area (Å²) in [6.45, 7) is 1.68. The lowest BCUT2D eigenvalue weighted by molar-refractivity contribution is 0.600. The van der Waals surface area contributed by atoms with Crippen LogP contribution >= 0.6 is 0 Å². The molecule has 1 saturated carbocycles. The number of rotatable bonds is 7. The molecule has 0 spiro atoms. The van der Waals surface area contributed by atoms with E-state index < -0.39 is 11.2 Å². The van der Waals surface area contributed by atoms with Crippen LogP contribution in [0.1, 0.15) is 29.5 Å². The van der Waals surface area contributed by atoms with Crippen molar-refractivity contribution in [1.82, 2.24) is 19.9 Å². The smallest absolute Gasteiger partial charge is 0.177 e. The topological polar surface area (TPSA) is 113 Å². The van der Waals surface area contributed by atoms with Crippen molar-refractivity contribution in [3.63, 3.8) is 0 Å². The van der Waals surface area contributed by atoms with Crippen molar-refractivity contribution in [2.75, 3.05) is 30.0 Å². The molecule has 0 saturated heterocycles. The Kier molecular flexibility index (Phi) is 5.28. The number of fused-ring (bicyclic) bond motifs is 1.